The van der Waals surface area contributed by atoms with Gasteiger partial charge in [-0.15, -0.1) is 0 Å². The molecule has 0 saturated heterocycles. The van der Waals surface area contributed by atoms with E-state index in [2.05, 4.69) is 20.6 Å². The number of pyridine rings is 1. The highest BCUT2D eigenvalue weighted by molar-refractivity contribution is 5.79. The minimum absolute atomic E-state index is 0.577. The number of nitrogens with one attached hydrogen (secondary N) is 2. The quantitative estimate of drug-likeness (QED) is 0.591. The predicted octanol–water partition coefficient (Wildman–Crippen LogP) is 1.97. The zero-order valence-electron chi connectivity index (χ0n) is 15.0. The molecular weight excluding hydrogens is 320 g/mol. The van der Waals surface area contributed by atoms with Crippen molar-refractivity contribution < 1.29 is 14.2 Å². The number of methoxy groups -OCH3 is 3. The van der Waals surface area contributed by atoms with E-state index in [1.807, 2.05) is 30.3 Å². The van der Waals surface area contributed by atoms with Crippen molar-refractivity contribution in [2.75, 3.05) is 28.4 Å². The van der Waals surface area contributed by atoms with Crippen molar-refractivity contribution in [2.24, 2.45) is 4.99 Å². The minimum Gasteiger partial charge on any atom is -0.497 e. The summed E-state index contributed by atoms with van der Waals surface area (Å²) in [5.74, 6) is 2.81. The third-order valence-corrected chi connectivity index (χ3v) is 3.63. The maximum atomic E-state index is 5.40. The van der Waals surface area contributed by atoms with Crippen molar-refractivity contribution in [2.45, 2.75) is 13.1 Å². The van der Waals surface area contributed by atoms with Crippen LogP contribution in [-0.4, -0.2) is 39.3 Å². The van der Waals surface area contributed by atoms with Gasteiger partial charge in [0.1, 0.15) is 11.5 Å². The lowest BCUT2D eigenvalue weighted by Crippen LogP contribution is -2.36. The van der Waals surface area contributed by atoms with E-state index in [1.54, 1.807) is 34.6 Å². The largest absolute Gasteiger partial charge is 0.497 e. The smallest absolute Gasteiger partial charge is 0.212 e. The second kappa shape index (κ2) is 9.36. The van der Waals surface area contributed by atoms with E-state index in [-0.39, 0.29) is 0 Å². The molecule has 2 rings (SSSR count). The summed E-state index contributed by atoms with van der Waals surface area (Å²) < 4.78 is 15.7. The molecule has 0 atom stereocenters. The van der Waals surface area contributed by atoms with E-state index >= 15 is 0 Å². The van der Waals surface area contributed by atoms with Crippen LogP contribution in [0.25, 0.3) is 0 Å². The lowest BCUT2D eigenvalue weighted by molar-refractivity contribution is 0.390. The monoisotopic (exact) mass is 344 g/mol. The molecule has 0 unspecified atom stereocenters. The number of hydrogen-bond donors (Lipinski definition) is 2. The molecule has 0 saturated carbocycles. The Morgan fingerprint density at radius 1 is 1.00 bits per heavy atom. The summed E-state index contributed by atoms with van der Waals surface area (Å²) >= 11 is 0. The Labute approximate surface area is 148 Å². The SMILES string of the molecule is CN=C(NCc1ccc(OC)nc1)NCc1ccc(OC)cc1OC. The zero-order chi connectivity index (χ0) is 18.1. The maximum Gasteiger partial charge on any atom is 0.212 e. The van der Waals surface area contributed by atoms with Gasteiger partial charge in [-0.1, -0.05) is 6.07 Å². The van der Waals surface area contributed by atoms with Crippen molar-refractivity contribution in [1.29, 1.82) is 0 Å². The molecule has 2 aromatic rings. The molecule has 134 valence electrons. The number of aromatic nitrogens is 1. The number of ether oxygens (including phenoxy) is 3. The van der Waals surface area contributed by atoms with Crippen LogP contribution >= 0.6 is 0 Å². The first-order chi connectivity index (χ1) is 12.2. The van der Waals surface area contributed by atoms with Gasteiger partial charge in [-0.3, -0.25) is 4.99 Å². The van der Waals surface area contributed by atoms with E-state index < -0.39 is 0 Å². The molecule has 2 N–H and O–H groups in total. The summed E-state index contributed by atoms with van der Waals surface area (Å²) in [5.41, 5.74) is 2.04. The van der Waals surface area contributed by atoms with Gasteiger partial charge in [-0.05, 0) is 17.7 Å². The number of aliphatic imine (C=N–C) groups is 1. The van der Waals surface area contributed by atoms with E-state index in [0.717, 1.165) is 22.6 Å². The fourth-order valence-electron chi connectivity index (χ4n) is 2.22. The normalized spacial score (nSPS) is 11.0. The standard InChI is InChI=1S/C18H24N4O3/c1-19-18(21-11-13-5-8-17(25-4)20-10-13)22-12-14-6-7-15(23-2)9-16(14)24-3/h5-10H,11-12H2,1-4H3,(H2,19,21,22). The van der Waals surface area contributed by atoms with Gasteiger partial charge in [0.25, 0.3) is 0 Å². The third-order valence-electron chi connectivity index (χ3n) is 3.63. The second-order valence-electron chi connectivity index (χ2n) is 5.17. The molecule has 0 aliphatic carbocycles. The van der Waals surface area contributed by atoms with E-state index in [4.69, 9.17) is 14.2 Å². The molecule has 25 heavy (non-hydrogen) atoms. The summed E-state index contributed by atoms with van der Waals surface area (Å²) in [4.78, 5) is 8.41. The van der Waals surface area contributed by atoms with E-state index in [9.17, 15) is 0 Å². The molecule has 1 heterocycles. The Morgan fingerprint density at radius 2 is 1.80 bits per heavy atom. The van der Waals surface area contributed by atoms with Gasteiger partial charge in [-0.2, -0.15) is 0 Å². The Bertz CT molecular complexity index is 702. The first kappa shape index (κ1) is 18.4. The van der Waals surface area contributed by atoms with Crippen molar-refractivity contribution in [3.63, 3.8) is 0 Å². The first-order valence-electron chi connectivity index (χ1n) is 7.84. The number of hydrogen-bond acceptors (Lipinski definition) is 5. The van der Waals surface area contributed by atoms with Gasteiger partial charge in [-0.25, -0.2) is 4.98 Å². The third kappa shape index (κ3) is 5.27. The Kier molecular flexibility index (Phi) is 6.88. The predicted molar refractivity (Wildman–Crippen MR) is 97.4 cm³/mol. The number of nitrogens with zero attached hydrogens (tertiary/aromatic N) is 2. The fourth-order valence-corrected chi connectivity index (χ4v) is 2.22. The highest BCUT2D eigenvalue weighted by Crippen LogP contribution is 2.24. The van der Waals surface area contributed by atoms with Gasteiger partial charge in [0.15, 0.2) is 5.96 Å². The topological polar surface area (TPSA) is 77.0 Å². The van der Waals surface area contributed by atoms with Crippen LogP contribution in [0.15, 0.2) is 41.5 Å². The zero-order valence-corrected chi connectivity index (χ0v) is 15.0. The van der Waals surface area contributed by atoms with Gasteiger partial charge in [0.05, 0.1) is 21.3 Å². The summed E-state index contributed by atoms with van der Waals surface area (Å²) in [6, 6.07) is 9.51. The van der Waals surface area contributed by atoms with Crippen molar-refractivity contribution >= 4 is 5.96 Å². The van der Waals surface area contributed by atoms with Crippen LogP contribution in [0.5, 0.6) is 17.4 Å². The van der Waals surface area contributed by atoms with Gasteiger partial charge in [0, 0.05) is 44.0 Å². The van der Waals surface area contributed by atoms with Crippen LogP contribution in [0.3, 0.4) is 0 Å². The van der Waals surface area contributed by atoms with Crippen LogP contribution < -0.4 is 24.8 Å². The summed E-state index contributed by atoms with van der Waals surface area (Å²) in [6.45, 7) is 1.18. The van der Waals surface area contributed by atoms with Crippen molar-refractivity contribution in [3.8, 4) is 17.4 Å². The summed E-state index contributed by atoms with van der Waals surface area (Å²) in [7, 11) is 6.60. The summed E-state index contributed by atoms with van der Waals surface area (Å²) in [5, 5.41) is 6.51. The molecule has 7 nitrogen and oxygen atoms in total. The van der Waals surface area contributed by atoms with E-state index in [0.29, 0.717) is 24.9 Å². The molecule has 0 aliphatic heterocycles. The maximum absolute atomic E-state index is 5.40. The molecular formula is C18H24N4O3. The van der Waals surface area contributed by atoms with Crippen molar-refractivity contribution in [1.82, 2.24) is 15.6 Å². The molecule has 1 aromatic carbocycles. The van der Waals surface area contributed by atoms with Gasteiger partial charge >= 0.3 is 0 Å². The van der Waals surface area contributed by atoms with Gasteiger partial charge < -0.3 is 24.8 Å². The Morgan fingerprint density at radius 3 is 2.40 bits per heavy atom. The fraction of sp³-hybridized carbons (Fsp3) is 0.333. The highest BCUT2D eigenvalue weighted by Gasteiger charge is 2.06. The number of rotatable bonds is 7. The van der Waals surface area contributed by atoms with Crippen molar-refractivity contribution in [3.05, 3.63) is 47.7 Å². The lowest BCUT2D eigenvalue weighted by Gasteiger charge is -2.14. The van der Waals surface area contributed by atoms with Crippen LogP contribution in [-0.2, 0) is 13.1 Å². The molecule has 0 aliphatic rings. The molecule has 0 spiro atoms. The molecule has 0 bridgehead atoms. The van der Waals surface area contributed by atoms with Crippen LogP contribution in [0.4, 0.5) is 0 Å². The molecule has 7 heteroatoms. The highest BCUT2D eigenvalue weighted by atomic mass is 16.5. The minimum atomic E-state index is 0.577. The first-order valence-corrected chi connectivity index (χ1v) is 7.84. The molecule has 1 aromatic heterocycles. The van der Waals surface area contributed by atoms with Crippen LogP contribution in [0, 0.1) is 0 Å². The Hall–Kier alpha value is -2.96. The average Bonchev–Trinajstić information content (AvgIpc) is 2.68. The van der Waals surface area contributed by atoms with Crippen LogP contribution in [0.1, 0.15) is 11.1 Å². The molecule has 0 fully saturated rings. The average molecular weight is 344 g/mol. The van der Waals surface area contributed by atoms with Gasteiger partial charge in [0.2, 0.25) is 5.88 Å². The number of guanidine groups is 1. The Balaban J connectivity index is 1.91. The molecule has 0 radical (unpaired) electrons. The summed E-state index contributed by atoms with van der Waals surface area (Å²) in [6.07, 6.45) is 1.77. The number of benzene rings is 1. The van der Waals surface area contributed by atoms with E-state index in [1.165, 1.54) is 0 Å². The lowest BCUT2D eigenvalue weighted by atomic mass is 10.2. The molecule has 0 amide bonds. The van der Waals surface area contributed by atoms with Crippen LogP contribution in [0.2, 0.25) is 0 Å². The second-order valence-corrected chi connectivity index (χ2v) is 5.17.